The van der Waals surface area contributed by atoms with Gasteiger partial charge in [-0.3, -0.25) is 14.2 Å². The van der Waals surface area contributed by atoms with Gasteiger partial charge in [-0.15, -0.1) is 0 Å². The molecular formula is C40H74NaO8P. The first kappa shape index (κ1) is 51.6. The standard InChI is InChI=1S/C40H75O8P.Na/c1-4-6-8-10-12-14-16-18-20-22-24-26-28-30-32-34-39(41)46-36-38(37-47-49(43,44)45-3)48-40(42)35-33-31-29-27-25-23-21-19-17-15-13-11-9-7-5-2;/h18-21,38H,4-17,22-37H2,1-3H3,(H,43,44);/q;+1/p-1/b20-18-,21-19-;/t38-;/m1./s1. The minimum Gasteiger partial charge on any atom is -0.756 e. The number of ether oxygens (including phenoxy) is 2. The van der Waals surface area contributed by atoms with Crippen LogP contribution in [0.2, 0.25) is 0 Å². The first-order valence-electron chi connectivity index (χ1n) is 20.0. The summed E-state index contributed by atoms with van der Waals surface area (Å²) in [5.74, 6) is -0.856. The molecule has 0 heterocycles. The summed E-state index contributed by atoms with van der Waals surface area (Å²) >= 11 is 0. The molecule has 0 aromatic rings. The van der Waals surface area contributed by atoms with E-state index in [2.05, 4.69) is 42.7 Å². The Morgan fingerprint density at radius 1 is 0.560 bits per heavy atom. The molecule has 0 aliphatic carbocycles. The smallest absolute Gasteiger partial charge is 0.756 e. The van der Waals surface area contributed by atoms with Gasteiger partial charge in [0, 0.05) is 20.0 Å². The molecule has 0 spiro atoms. The number of phosphoric acid groups is 1. The van der Waals surface area contributed by atoms with Gasteiger partial charge in [-0.25, -0.2) is 0 Å². The fraction of sp³-hybridized carbons (Fsp3) is 0.850. The van der Waals surface area contributed by atoms with Crippen molar-refractivity contribution in [3.63, 3.8) is 0 Å². The molecule has 0 aliphatic rings. The molecule has 0 saturated carbocycles. The van der Waals surface area contributed by atoms with Crippen LogP contribution in [0.4, 0.5) is 0 Å². The summed E-state index contributed by atoms with van der Waals surface area (Å²) < 4.78 is 31.5. The van der Waals surface area contributed by atoms with E-state index in [1.807, 2.05) is 0 Å². The van der Waals surface area contributed by atoms with Crippen LogP contribution in [0.1, 0.15) is 194 Å². The van der Waals surface area contributed by atoms with Crippen molar-refractivity contribution in [2.24, 2.45) is 0 Å². The van der Waals surface area contributed by atoms with Crippen LogP contribution in [-0.4, -0.2) is 38.4 Å². The number of hydrogen-bond acceptors (Lipinski definition) is 8. The summed E-state index contributed by atoms with van der Waals surface area (Å²) in [4.78, 5) is 36.4. The maximum atomic E-state index is 12.4. The Morgan fingerprint density at radius 3 is 1.32 bits per heavy atom. The number of allylic oxidation sites excluding steroid dienone is 4. The van der Waals surface area contributed by atoms with Gasteiger partial charge < -0.3 is 23.4 Å². The molecule has 0 radical (unpaired) electrons. The molecule has 0 saturated heterocycles. The molecule has 0 aliphatic heterocycles. The Bertz CT molecular complexity index is 866. The second kappa shape index (κ2) is 39.7. The summed E-state index contributed by atoms with van der Waals surface area (Å²) in [6, 6.07) is 0. The molecule has 0 aromatic carbocycles. The summed E-state index contributed by atoms with van der Waals surface area (Å²) in [7, 11) is -3.51. The molecule has 1 unspecified atom stereocenters. The summed E-state index contributed by atoms with van der Waals surface area (Å²) in [6.45, 7) is 3.77. The zero-order valence-corrected chi connectivity index (χ0v) is 35.7. The minimum atomic E-state index is -4.51. The Hall–Kier alpha value is -0.470. The third-order valence-electron chi connectivity index (χ3n) is 8.66. The Balaban J connectivity index is 0. The van der Waals surface area contributed by atoms with Crippen LogP contribution < -0.4 is 34.5 Å². The van der Waals surface area contributed by atoms with E-state index >= 15 is 0 Å². The summed E-state index contributed by atoms with van der Waals surface area (Å²) in [6.07, 6.45) is 39.2. The van der Waals surface area contributed by atoms with E-state index in [9.17, 15) is 19.0 Å². The molecule has 8 nitrogen and oxygen atoms in total. The first-order valence-corrected chi connectivity index (χ1v) is 21.5. The topological polar surface area (TPSA) is 111 Å². The van der Waals surface area contributed by atoms with Gasteiger partial charge in [0.15, 0.2) is 6.10 Å². The van der Waals surface area contributed by atoms with Crippen molar-refractivity contribution >= 4 is 19.8 Å². The van der Waals surface area contributed by atoms with Gasteiger partial charge >= 0.3 is 41.5 Å². The predicted molar refractivity (Wildman–Crippen MR) is 200 cm³/mol. The third-order valence-corrected chi connectivity index (χ3v) is 9.57. The monoisotopic (exact) mass is 737 g/mol. The van der Waals surface area contributed by atoms with Crippen molar-refractivity contribution in [3.8, 4) is 0 Å². The summed E-state index contributed by atoms with van der Waals surface area (Å²) in [5.41, 5.74) is 0. The number of esters is 2. The average Bonchev–Trinajstić information content (AvgIpc) is 3.09. The number of rotatable bonds is 37. The second-order valence-electron chi connectivity index (χ2n) is 13.4. The van der Waals surface area contributed by atoms with Gasteiger partial charge in [-0.05, 0) is 64.2 Å². The largest absolute Gasteiger partial charge is 1.00 e. The molecular weight excluding hydrogens is 662 g/mol. The van der Waals surface area contributed by atoms with Crippen LogP contribution in [0.15, 0.2) is 24.3 Å². The first-order chi connectivity index (χ1) is 23.8. The number of carbonyl (C=O) groups is 2. The zero-order valence-electron chi connectivity index (χ0n) is 32.8. The van der Waals surface area contributed by atoms with Gasteiger partial charge in [-0.2, -0.15) is 0 Å². The van der Waals surface area contributed by atoms with Crippen molar-refractivity contribution in [2.45, 2.75) is 200 Å². The number of hydrogen-bond donors (Lipinski definition) is 0. The van der Waals surface area contributed by atoms with Gasteiger partial charge in [-0.1, -0.05) is 141 Å². The van der Waals surface area contributed by atoms with Crippen LogP contribution in [0.3, 0.4) is 0 Å². The predicted octanol–water partition coefficient (Wildman–Crippen LogP) is 8.65. The second-order valence-corrected chi connectivity index (χ2v) is 14.9. The quantitative estimate of drug-likeness (QED) is 0.0205. The minimum absolute atomic E-state index is 0. The van der Waals surface area contributed by atoms with E-state index in [1.54, 1.807) is 0 Å². The fourth-order valence-electron chi connectivity index (χ4n) is 5.53. The van der Waals surface area contributed by atoms with E-state index in [0.29, 0.717) is 6.42 Å². The molecule has 0 amide bonds. The van der Waals surface area contributed by atoms with Crippen LogP contribution in [-0.2, 0) is 32.7 Å². The maximum absolute atomic E-state index is 12.4. The molecule has 0 bridgehead atoms. The van der Waals surface area contributed by atoms with Gasteiger partial charge in [0.25, 0.3) is 7.82 Å². The van der Waals surface area contributed by atoms with Crippen LogP contribution >= 0.6 is 7.82 Å². The van der Waals surface area contributed by atoms with E-state index in [0.717, 1.165) is 77.7 Å². The van der Waals surface area contributed by atoms with E-state index < -0.39 is 32.5 Å². The molecule has 50 heavy (non-hydrogen) atoms. The van der Waals surface area contributed by atoms with Crippen molar-refractivity contribution in [3.05, 3.63) is 24.3 Å². The van der Waals surface area contributed by atoms with Crippen molar-refractivity contribution in [2.75, 3.05) is 20.3 Å². The van der Waals surface area contributed by atoms with Gasteiger partial charge in [0.2, 0.25) is 0 Å². The van der Waals surface area contributed by atoms with Gasteiger partial charge in [0.1, 0.15) is 6.61 Å². The molecule has 0 rings (SSSR count). The van der Waals surface area contributed by atoms with Crippen LogP contribution in [0.25, 0.3) is 0 Å². The molecule has 2 atom stereocenters. The normalized spacial score (nSPS) is 13.4. The Labute approximate surface area is 329 Å². The molecule has 288 valence electrons. The number of carbonyl (C=O) groups excluding carboxylic acids is 2. The summed E-state index contributed by atoms with van der Waals surface area (Å²) in [5, 5.41) is 0. The molecule has 10 heteroatoms. The number of unbranched alkanes of at least 4 members (excludes halogenated alkanes) is 22. The molecule has 0 N–H and O–H groups in total. The zero-order chi connectivity index (χ0) is 36.1. The van der Waals surface area contributed by atoms with Crippen LogP contribution in [0.5, 0.6) is 0 Å². The maximum Gasteiger partial charge on any atom is 1.00 e. The fourth-order valence-corrected chi connectivity index (χ4v) is 5.98. The van der Waals surface area contributed by atoms with Gasteiger partial charge in [0.05, 0.1) is 6.61 Å². The molecule has 0 fully saturated rings. The SMILES string of the molecule is CCCCCCCC/C=C\CCCCCCCC(=O)OC[C@H](COP(=O)([O-])OC)OC(=O)CCCCCCC/C=C\CCCCCCCC.[Na+]. The van der Waals surface area contributed by atoms with Crippen molar-refractivity contribution in [1.29, 1.82) is 0 Å². The Kier molecular flexibility index (Phi) is 41.0. The van der Waals surface area contributed by atoms with Crippen molar-refractivity contribution in [1.82, 2.24) is 0 Å². The average molecular weight is 737 g/mol. The number of phosphoric ester groups is 1. The third kappa shape index (κ3) is 38.8. The van der Waals surface area contributed by atoms with E-state index in [-0.39, 0.29) is 49.0 Å². The van der Waals surface area contributed by atoms with E-state index in [1.165, 1.54) is 89.9 Å². The molecule has 0 aromatic heterocycles. The van der Waals surface area contributed by atoms with Crippen molar-refractivity contribution < 1.29 is 67.1 Å². The van der Waals surface area contributed by atoms with E-state index in [4.69, 9.17) is 14.0 Å². The van der Waals surface area contributed by atoms with Crippen LogP contribution in [0, 0.1) is 0 Å². The Morgan fingerprint density at radius 2 is 0.920 bits per heavy atom.